The van der Waals surface area contributed by atoms with Gasteiger partial charge in [-0.1, -0.05) is 17.3 Å². The number of carbonyl (C=O) groups is 3. The number of carbonyl (C=O) groups excluding carboxylic acids is 3. The van der Waals surface area contributed by atoms with Crippen LogP contribution in [0.4, 0.5) is 10.5 Å². The van der Waals surface area contributed by atoms with Crippen LogP contribution in [0, 0.1) is 0 Å². The number of ether oxygens (including phenoxy) is 2. The van der Waals surface area contributed by atoms with Crippen molar-refractivity contribution in [3.8, 4) is 0 Å². The molecule has 0 aromatic heterocycles. The second-order valence-electron chi connectivity index (χ2n) is 4.74. The molecule has 1 aromatic carbocycles. The molecule has 0 bridgehead atoms. The zero-order valence-electron chi connectivity index (χ0n) is 13.5. The van der Waals surface area contributed by atoms with Crippen LogP contribution in [-0.4, -0.2) is 48.6 Å². The molecule has 0 saturated heterocycles. The van der Waals surface area contributed by atoms with Crippen LogP contribution in [-0.2, 0) is 19.1 Å². The Kier molecular flexibility index (Phi) is 7.21. The van der Waals surface area contributed by atoms with Crippen molar-refractivity contribution < 1.29 is 29.1 Å². The quantitative estimate of drug-likeness (QED) is 0.309. The van der Waals surface area contributed by atoms with Gasteiger partial charge in [-0.2, -0.15) is 0 Å². The minimum atomic E-state index is -1.12. The highest BCUT2D eigenvalue weighted by molar-refractivity contribution is 5.99. The van der Waals surface area contributed by atoms with Gasteiger partial charge in [0.15, 0.2) is 6.04 Å². The Bertz CT molecular complexity index is 627. The molecule has 0 aliphatic heterocycles. The highest BCUT2D eigenvalue weighted by Gasteiger charge is 2.23. The van der Waals surface area contributed by atoms with Gasteiger partial charge in [0.2, 0.25) is 0 Å². The number of esters is 2. The second kappa shape index (κ2) is 9.13. The van der Waals surface area contributed by atoms with E-state index in [4.69, 9.17) is 9.94 Å². The van der Waals surface area contributed by atoms with E-state index in [0.717, 1.165) is 7.11 Å². The molecule has 0 aliphatic carbocycles. The van der Waals surface area contributed by atoms with E-state index in [0.29, 0.717) is 17.0 Å². The summed E-state index contributed by atoms with van der Waals surface area (Å²) in [6, 6.07) is 4.72. The Balaban J connectivity index is 2.67. The van der Waals surface area contributed by atoms with Crippen LogP contribution in [0.1, 0.15) is 19.4 Å². The molecule has 0 spiro atoms. The molecular formula is C15H19N3O6. The molecular weight excluding hydrogens is 318 g/mol. The predicted molar refractivity (Wildman–Crippen MR) is 85.0 cm³/mol. The molecule has 0 fully saturated rings. The van der Waals surface area contributed by atoms with Gasteiger partial charge in [0, 0.05) is 12.6 Å². The third-order valence-corrected chi connectivity index (χ3v) is 2.95. The molecule has 1 rings (SSSR count). The molecule has 24 heavy (non-hydrogen) atoms. The Morgan fingerprint density at radius 1 is 1.21 bits per heavy atom. The smallest absolute Gasteiger partial charge is 0.332 e. The number of hydrogen-bond donors (Lipinski definition) is 3. The first kappa shape index (κ1) is 18.9. The number of anilines is 1. The molecule has 0 radical (unpaired) electrons. The zero-order valence-corrected chi connectivity index (χ0v) is 13.5. The van der Waals surface area contributed by atoms with Gasteiger partial charge in [0.1, 0.15) is 6.61 Å². The largest absolute Gasteiger partial charge is 0.467 e. The van der Waals surface area contributed by atoms with Crippen molar-refractivity contribution in [3.63, 3.8) is 0 Å². The number of oxime groups is 1. The summed E-state index contributed by atoms with van der Waals surface area (Å²) in [5, 5.41) is 16.6. The van der Waals surface area contributed by atoms with Crippen molar-refractivity contribution in [1.29, 1.82) is 0 Å². The summed E-state index contributed by atoms with van der Waals surface area (Å²) in [6.45, 7) is 2.49. The summed E-state index contributed by atoms with van der Waals surface area (Å²) >= 11 is 0. The molecule has 9 nitrogen and oxygen atoms in total. The molecule has 0 heterocycles. The SMILES string of the molecule is COC(=O)C(COC(C)=O)NC(=O)Nc1ccc(/C(C)=N/O)cc1. The first-order valence-corrected chi connectivity index (χ1v) is 6.95. The van der Waals surface area contributed by atoms with E-state index in [1.165, 1.54) is 6.92 Å². The van der Waals surface area contributed by atoms with Crippen LogP contribution in [0.5, 0.6) is 0 Å². The standard InChI is InChI=1S/C15H19N3O6/c1-9(18-22)11-4-6-12(7-5-11)16-15(21)17-13(14(20)23-3)8-24-10(2)19/h4-7,13,22H,8H2,1-3H3,(H2,16,17,21)/b18-9+. The molecule has 2 amide bonds. The molecule has 9 heteroatoms. The zero-order chi connectivity index (χ0) is 18.1. The molecule has 3 N–H and O–H groups in total. The number of amides is 2. The van der Waals surface area contributed by atoms with Crippen molar-refractivity contribution in [3.05, 3.63) is 29.8 Å². The van der Waals surface area contributed by atoms with Crippen molar-refractivity contribution in [2.75, 3.05) is 19.0 Å². The highest BCUT2D eigenvalue weighted by atomic mass is 16.5. The maximum atomic E-state index is 11.9. The van der Waals surface area contributed by atoms with Gasteiger partial charge in [-0.25, -0.2) is 9.59 Å². The van der Waals surface area contributed by atoms with Crippen LogP contribution in [0.2, 0.25) is 0 Å². The fourth-order valence-corrected chi connectivity index (χ4v) is 1.69. The van der Waals surface area contributed by atoms with E-state index in [1.807, 2.05) is 0 Å². The maximum Gasteiger partial charge on any atom is 0.332 e. The van der Waals surface area contributed by atoms with E-state index in [2.05, 4.69) is 20.5 Å². The lowest BCUT2D eigenvalue weighted by atomic mass is 10.1. The third-order valence-electron chi connectivity index (χ3n) is 2.95. The van der Waals surface area contributed by atoms with Gasteiger partial charge < -0.3 is 25.3 Å². The van der Waals surface area contributed by atoms with E-state index in [9.17, 15) is 14.4 Å². The number of hydrogen-bond acceptors (Lipinski definition) is 7. The first-order chi connectivity index (χ1) is 11.4. The van der Waals surface area contributed by atoms with Gasteiger partial charge in [-0.05, 0) is 24.6 Å². The number of nitrogens with one attached hydrogen (secondary N) is 2. The summed E-state index contributed by atoms with van der Waals surface area (Å²) in [4.78, 5) is 34.3. The van der Waals surface area contributed by atoms with Gasteiger partial charge in [-0.3, -0.25) is 4.79 Å². The summed E-state index contributed by atoms with van der Waals surface area (Å²) in [6.07, 6.45) is 0. The van der Waals surface area contributed by atoms with Crippen LogP contribution in [0.25, 0.3) is 0 Å². The van der Waals surface area contributed by atoms with E-state index >= 15 is 0 Å². The fraction of sp³-hybridized carbons (Fsp3) is 0.333. The van der Waals surface area contributed by atoms with Crippen LogP contribution in [0.15, 0.2) is 29.4 Å². The Morgan fingerprint density at radius 2 is 1.83 bits per heavy atom. The summed E-state index contributed by atoms with van der Waals surface area (Å²) in [5.74, 6) is -1.32. The topological polar surface area (TPSA) is 126 Å². The summed E-state index contributed by atoms with van der Waals surface area (Å²) < 4.78 is 9.25. The summed E-state index contributed by atoms with van der Waals surface area (Å²) in [5.41, 5.74) is 1.57. The van der Waals surface area contributed by atoms with Crippen LogP contribution in [0.3, 0.4) is 0 Å². The lowest BCUT2D eigenvalue weighted by molar-refractivity contribution is -0.148. The van der Waals surface area contributed by atoms with Gasteiger partial charge in [0.05, 0.1) is 12.8 Å². The first-order valence-electron chi connectivity index (χ1n) is 6.95. The normalized spacial score (nSPS) is 12.0. The average molecular weight is 337 g/mol. The number of nitrogens with zero attached hydrogens (tertiary/aromatic N) is 1. The molecule has 1 atom stereocenters. The number of urea groups is 1. The number of rotatable bonds is 6. The Morgan fingerprint density at radius 3 is 2.33 bits per heavy atom. The van der Waals surface area contributed by atoms with Crippen molar-refractivity contribution in [2.24, 2.45) is 5.16 Å². The minimum absolute atomic E-state index is 0.333. The predicted octanol–water partition coefficient (Wildman–Crippen LogP) is 1.11. The Hall–Kier alpha value is -3.10. The van der Waals surface area contributed by atoms with Crippen LogP contribution < -0.4 is 10.6 Å². The fourth-order valence-electron chi connectivity index (χ4n) is 1.69. The second-order valence-corrected chi connectivity index (χ2v) is 4.74. The Labute approximate surface area is 138 Å². The minimum Gasteiger partial charge on any atom is -0.467 e. The average Bonchev–Trinajstić information content (AvgIpc) is 2.57. The van der Waals surface area contributed by atoms with E-state index in [-0.39, 0.29) is 6.61 Å². The monoisotopic (exact) mass is 337 g/mol. The molecule has 0 saturated carbocycles. The maximum absolute atomic E-state index is 11.9. The van der Waals surface area contributed by atoms with Gasteiger partial charge in [0.25, 0.3) is 0 Å². The molecule has 0 aliphatic rings. The summed E-state index contributed by atoms with van der Waals surface area (Å²) in [7, 11) is 1.16. The van der Waals surface area contributed by atoms with Gasteiger partial charge in [-0.15, -0.1) is 0 Å². The molecule has 1 aromatic rings. The lowest BCUT2D eigenvalue weighted by Crippen LogP contribution is -2.46. The van der Waals surface area contributed by atoms with E-state index < -0.39 is 24.0 Å². The number of benzene rings is 1. The van der Waals surface area contributed by atoms with Gasteiger partial charge >= 0.3 is 18.0 Å². The lowest BCUT2D eigenvalue weighted by Gasteiger charge is -2.16. The van der Waals surface area contributed by atoms with Crippen molar-refractivity contribution in [1.82, 2.24) is 5.32 Å². The van der Waals surface area contributed by atoms with Crippen molar-refractivity contribution in [2.45, 2.75) is 19.9 Å². The molecule has 130 valence electrons. The third kappa shape index (κ3) is 5.95. The number of methoxy groups -OCH3 is 1. The highest BCUT2D eigenvalue weighted by Crippen LogP contribution is 2.10. The van der Waals surface area contributed by atoms with Crippen molar-refractivity contribution >= 4 is 29.4 Å². The van der Waals surface area contributed by atoms with E-state index in [1.54, 1.807) is 31.2 Å². The molecule has 1 unspecified atom stereocenters. The van der Waals surface area contributed by atoms with Crippen LogP contribution >= 0.6 is 0 Å².